The second-order valence-electron chi connectivity index (χ2n) is 6.40. The average molecular weight is 379 g/mol. The van der Waals surface area contributed by atoms with Gasteiger partial charge < -0.3 is 4.42 Å². The number of aromatic amines is 1. The Morgan fingerprint density at radius 3 is 3.00 bits per heavy atom. The van der Waals surface area contributed by atoms with Crippen LogP contribution in [0.2, 0.25) is 0 Å². The molecule has 134 valence electrons. The van der Waals surface area contributed by atoms with Crippen LogP contribution in [0, 0.1) is 5.82 Å². The fourth-order valence-corrected chi connectivity index (χ4v) is 4.49. The van der Waals surface area contributed by atoms with E-state index in [0.717, 1.165) is 32.8 Å². The Bertz CT molecular complexity index is 1310. The Balaban J connectivity index is 1.76. The van der Waals surface area contributed by atoms with E-state index >= 15 is 0 Å². The molecule has 1 unspecified atom stereocenters. The van der Waals surface area contributed by atoms with Crippen LogP contribution in [0.5, 0.6) is 0 Å². The third-order valence-electron chi connectivity index (χ3n) is 4.70. The molecule has 1 aliphatic rings. The highest BCUT2D eigenvalue weighted by Gasteiger charge is 2.23. The minimum absolute atomic E-state index is 0.250. The zero-order valence-electron chi connectivity index (χ0n) is 14.3. The van der Waals surface area contributed by atoms with E-state index in [1.807, 2.05) is 37.3 Å². The summed E-state index contributed by atoms with van der Waals surface area (Å²) in [6, 6.07) is 10.2. The van der Waals surface area contributed by atoms with Crippen LogP contribution in [0.15, 0.2) is 61.5 Å². The Morgan fingerprint density at radius 2 is 2.19 bits per heavy atom. The van der Waals surface area contributed by atoms with Crippen molar-refractivity contribution < 1.29 is 8.81 Å². The summed E-state index contributed by atoms with van der Waals surface area (Å²) in [6.07, 6.45) is 2.70. The van der Waals surface area contributed by atoms with E-state index in [1.165, 1.54) is 17.4 Å². The largest absolute Gasteiger partial charge is 0.417 e. The van der Waals surface area contributed by atoms with Crippen molar-refractivity contribution in [2.24, 2.45) is 10.2 Å². The number of nitrogens with zero attached hydrogens (tertiary/aromatic N) is 2. The Kier molecular flexibility index (Phi) is 3.58. The number of nitrogens with one attached hydrogen (secondary N) is 1. The molecule has 2 aromatic carbocycles. The van der Waals surface area contributed by atoms with Gasteiger partial charge in [-0.1, -0.05) is 13.0 Å². The van der Waals surface area contributed by atoms with Gasteiger partial charge in [0.15, 0.2) is 5.58 Å². The number of hydrogen-bond donors (Lipinski definition) is 1. The van der Waals surface area contributed by atoms with Gasteiger partial charge in [-0.25, -0.2) is 9.18 Å². The van der Waals surface area contributed by atoms with Crippen molar-refractivity contribution in [3.8, 4) is 0 Å². The molecule has 0 saturated heterocycles. The fourth-order valence-electron chi connectivity index (χ4n) is 3.36. The van der Waals surface area contributed by atoms with Gasteiger partial charge in [0.2, 0.25) is 0 Å². The van der Waals surface area contributed by atoms with E-state index in [1.54, 1.807) is 6.07 Å². The molecule has 0 radical (unpaired) electrons. The molecule has 5 nitrogen and oxygen atoms in total. The van der Waals surface area contributed by atoms with Gasteiger partial charge in [0, 0.05) is 15.0 Å². The number of H-pyrrole nitrogens is 1. The van der Waals surface area contributed by atoms with Crippen LogP contribution >= 0.6 is 11.3 Å². The molecule has 0 fully saturated rings. The first-order chi connectivity index (χ1) is 13.1. The molecule has 1 atom stereocenters. The second-order valence-corrected chi connectivity index (χ2v) is 7.51. The smallest absolute Gasteiger partial charge is 0.408 e. The highest BCUT2D eigenvalue weighted by Crippen LogP contribution is 2.40. The lowest BCUT2D eigenvalue weighted by Gasteiger charge is -2.11. The molecule has 0 amide bonds. The average Bonchev–Trinajstić information content (AvgIpc) is 3.18. The van der Waals surface area contributed by atoms with E-state index in [-0.39, 0.29) is 11.9 Å². The maximum Gasteiger partial charge on any atom is 0.417 e. The van der Waals surface area contributed by atoms with Crippen molar-refractivity contribution in [2.45, 2.75) is 19.4 Å². The number of oxazole rings is 1. The number of fused-ring (bicyclic) bond motifs is 3. The number of benzene rings is 2. The summed E-state index contributed by atoms with van der Waals surface area (Å²) < 4.78 is 20.3. The lowest BCUT2D eigenvalue weighted by molar-refractivity contribution is 0.555. The summed E-state index contributed by atoms with van der Waals surface area (Å²) >= 11 is 1.49. The van der Waals surface area contributed by atoms with Crippen molar-refractivity contribution in [3.05, 3.63) is 74.5 Å². The van der Waals surface area contributed by atoms with Gasteiger partial charge in [0.25, 0.3) is 0 Å². The predicted octanol–water partition coefficient (Wildman–Crippen LogP) is 5.78. The maximum atomic E-state index is 14.2. The monoisotopic (exact) mass is 379 g/mol. The Hall–Kier alpha value is -3.06. The molecule has 1 N–H and O–H groups in total. The fraction of sp³-hybridized carbons (Fsp3) is 0.150. The van der Waals surface area contributed by atoms with Gasteiger partial charge in [-0.05, 0) is 54.0 Å². The van der Waals surface area contributed by atoms with Gasteiger partial charge in [0.1, 0.15) is 11.9 Å². The lowest BCUT2D eigenvalue weighted by Crippen LogP contribution is -1.97. The lowest BCUT2D eigenvalue weighted by atomic mass is 9.98. The van der Waals surface area contributed by atoms with Crippen LogP contribution in [0.1, 0.15) is 35.4 Å². The number of halogens is 1. The summed E-state index contributed by atoms with van der Waals surface area (Å²) in [6.45, 7) is 2.01. The molecule has 0 saturated carbocycles. The highest BCUT2D eigenvalue weighted by molar-refractivity contribution is 7.19. The number of azo groups is 1. The van der Waals surface area contributed by atoms with Gasteiger partial charge in [-0.15, -0.1) is 11.3 Å². The van der Waals surface area contributed by atoms with Crippen molar-refractivity contribution in [1.82, 2.24) is 4.98 Å². The van der Waals surface area contributed by atoms with Crippen LogP contribution in [-0.4, -0.2) is 4.98 Å². The van der Waals surface area contributed by atoms with E-state index in [4.69, 9.17) is 4.42 Å². The quantitative estimate of drug-likeness (QED) is 0.479. The summed E-state index contributed by atoms with van der Waals surface area (Å²) in [5, 5.41) is 9.52. The van der Waals surface area contributed by atoms with Gasteiger partial charge in [-0.3, -0.25) is 4.98 Å². The Labute approximate surface area is 156 Å². The minimum atomic E-state index is -0.494. The van der Waals surface area contributed by atoms with E-state index in [9.17, 15) is 9.18 Å². The van der Waals surface area contributed by atoms with Gasteiger partial charge in [0.05, 0.1) is 11.2 Å². The van der Waals surface area contributed by atoms with Crippen molar-refractivity contribution in [1.29, 1.82) is 0 Å². The summed E-state index contributed by atoms with van der Waals surface area (Å²) in [5.74, 6) is -0.743. The van der Waals surface area contributed by atoms with E-state index in [2.05, 4.69) is 15.2 Å². The van der Waals surface area contributed by atoms with Crippen LogP contribution in [-0.2, 0) is 0 Å². The zero-order valence-corrected chi connectivity index (χ0v) is 15.1. The molecule has 0 aliphatic carbocycles. The third-order valence-corrected chi connectivity index (χ3v) is 5.85. The van der Waals surface area contributed by atoms with Gasteiger partial charge >= 0.3 is 5.76 Å². The number of allylic oxidation sites excluding steroid dienone is 1. The van der Waals surface area contributed by atoms with Gasteiger partial charge in [-0.2, -0.15) is 10.2 Å². The maximum absolute atomic E-state index is 14.2. The Morgan fingerprint density at radius 1 is 1.30 bits per heavy atom. The summed E-state index contributed by atoms with van der Waals surface area (Å²) in [4.78, 5) is 15.2. The van der Waals surface area contributed by atoms with E-state index < -0.39 is 5.76 Å². The number of rotatable bonds is 2. The first-order valence-corrected chi connectivity index (χ1v) is 9.40. The first kappa shape index (κ1) is 16.1. The third kappa shape index (κ3) is 2.62. The predicted molar refractivity (Wildman–Crippen MR) is 104 cm³/mol. The van der Waals surface area contributed by atoms with Crippen molar-refractivity contribution >= 4 is 38.6 Å². The molecule has 5 rings (SSSR count). The van der Waals surface area contributed by atoms with Crippen LogP contribution in [0.4, 0.5) is 4.39 Å². The normalized spacial score (nSPS) is 16.5. The first-order valence-electron chi connectivity index (χ1n) is 8.58. The number of thiophene rings is 1. The summed E-state index contributed by atoms with van der Waals surface area (Å²) in [7, 11) is 0. The van der Waals surface area contributed by atoms with Crippen LogP contribution in [0.25, 0.3) is 27.3 Å². The molecule has 2 aromatic heterocycles. The van der Waals surface area contributed by atoms with Crippen LogP contribution < -0.4 is 5.76 Å². The molecule has 1 aliphatic heterocycles. The molecule has 4 aromatic rings. The number of aromatic nitrogens is 1. The summed E-state index contributed by atoms with van der Waals surface area (Å²) in [5.41, 5.74) is 3.75. The second kappa shape index (κ2) is 5.99. The molecule has 7 heteroatoms. The molecular weight excluding hydrogens is 365 g/mol. The SMILES string of the molecule is CCC1=Cc2cc3[nH]c(=O)oc3cc2C(c2cc3c(F)cccc3s2)N=N1. The highest BCUT2D eigenvalue weighted by atomic mass is 32.1. The molecule has 27 heavy (non-hydrogen) atoms. The molecule has 3 heterocycles. The number of hydrogen-bond acceptors (Lipinski definition) is 5. The molecule has 0 bridgehead atoms. The zero-order chi connectivity index (χ0) is 18.5. The topological polar surface area (TPSA) is 70.7 Å². The van der Waals surface area contributed by atoms with Crippen LogP contribution in [0.3, 0.4) is 0 Å². The van der Waals surface area contributed by atoms with Crippen molar-refractivity contribution in [3.63, 3.8) is 0 Å². The van der Waals surface area contributed by atoms with Crippen molar-refractivity contribution in [2.75, 3.05) is 0 Å². The standard InChI is InChI=1S/C20H14FN3O2S/c1-2-11-6-10-7-15-16(26-20(25)22-15)8-12(10)19(24-23-11)18-9-13-14(21)4-3-5-17(13)27-18/h3-9,19H,2H2,1H3,(H,22,25). The minimum Gasteiger partial charge on any atom is -0.408 e. The van der Waals surface area contributed by atoms with E-state index in [0.29, 0.717) is 16.5 Å². The molecular formula is C20H14FN3O2S. The molecule has 0 spiro atoms.